The molecular weight excluding hydrogens is 172 g/mol. The number of nitrogens with one attached hydrogen (secondary N) is 1. The number of amides is 2. The van der Waals surface area contributed by atoms with Gasteiger partial charge in [0.1, 0.15) is 6.04 Å². The van der Waals surface area contributed by atoms with Crippen LogP contribution >= 0.6 is 0 Å². The highest BCUT2D eigenvalue weighted by Crippen LogP contribution is 2.23. The Morgan fingerprint density at radius 3 is 3.08 bits per heavy atom. The van der Waals surface area contributed by atoms with Gasteiger partial charge < -0.3 is 15.0 Å². The fraction of sp³-hybridized carbons (Fsp3) is 0.750. The SMILES string of the molecule is COC(=O)[C@@H]1CCC2CN1C(=O)N2. The molecule has 2 bridgehead atoms. The number of hydrogen-bond donors (Lipinski definition) is 1. The second-order valence-corrected chi connectivity index (χ2v) is 3.42. The molecule has 2 heterocycles. The van der Waals surface area contributed by atoms with Crippen molar-refractivity contribution in [3.05, 3.63) is 0 Å². The average molecular weight is 184 g/mol. The van der Waals surface area contributed by atoms with E-state index in [9.17, 15) is 9.59 Å². The van der Waals surface area contributed by atoms with Gasteiger partial charge in [-0.25, -0.2) is 9.59 Å². The molecule has 0 spiro atoms. The summed E-state index contributed by atoms with van der Waals surface area (Å²) in [5, 5.41) is 2.80. The lowest BCUT2D eigenvalue weighted by Crippen LogP contribution is -2.45. The minimum atomic E-state index is -0.372. The number of ether oxygens (including phenoxy) is 1. The molecular formula is C8H12N2O3. The van der Waals surface area contributed by atoms with Gasteiger partial charge in [0, 0.05) is 12.6 Å². The number of carbonyl (C=O) groups excluding carboxylic acids is 2. The van der Waals surface area contributed by atoms with Crippen LogP contribution in [0.1, 0.15) is 12.8 Å². The molecule has 0 aromatic rings. The summed E-state index contributed by atoms with van der Waals surface area (Å²) in [6, 6.07) is -0.282. The van der Waals surface area contributed by atoms with Crippen molar-refractivity contribution in [3.63, 3.8) is 0 Å². The van der Waals surface area contributed by atoms with E-state index in [1.807, 2.05) is 0 Å². The Hall–Kier alpha value is -1.26. The maximum Gasteiger partial charge on any atom is 0.328 e. The third-order valence-electron chi connectivity index (χ3n) is 2.64. The van der Waals surface area contributed by atoms with Crippen LogP contribution in [-0.4, -0.2) is 42.6 Å². The molecule has 1 N–H and O–H groups in total. The minimum Gasteiger partial charge on any atom is -0.467 e. The zero-order valence-electron chi connectivity index (χ0n) is 7.45. The third kappa shape index (κ3) is 1.24. The predicted molar refractivity (Wildman–Crippen MR) is 44.1 cm³/mol. The molecule has 0 aliphatic carbocycles. The number of methoxy groups -OCH3 is 1. The molecule has 2 fully saturated rings. The van der Waals surface area contributed by atoms with E-state index in [0.717, 1.165) is 6.42 Å². The van der Waals surface area contributed by atoms with Gasteiger partial charge in [-0.1, -0.05) is 0 Å². The van der Waals surface area contributed by atoms with Gasteiger partial charge in [-0.05, 0) is 12.8 Å². The van der Waals surface area contributed by atoms with Gasteiger partial charge in [0.25, 0.3) is 0 Å². The normalized spacial score (nSPS) is 31.5. The molecule has 5 heteroatoms. The Bertz CT molecular complexity index is 254. The summed E-state index contributed by atoms with van der Waals surface area (Å²) in [6.07, 6.45) is 1.57. The van der Waals surface area contributed by atoms with Crippen LogP contribution in [0.25, 0.3) is 0 Å². The highest BCUT2D eigenvalue weighted by molar-refractivity contribution is 5.85. The van der Waals surface area contributed by atoms with Gasteiger partial charge in [0.05, 0.1) is 7.11 Å². The second kappa shape index (κ2) is 2.90. The van der Waals surface area contributed by atoms with Crippen LogP contribution in [0.2, 0.25) is 0 Å². The van der Waals surface area contributed by atoms with E-state index in [2.05, 4.69) is 10.1 Å². The van der Waals surface area contributed by atoms with Crippen LogP contribution in [0.4, 0.5) is 4.79 Å². The Morgan fingerprint density at radius 1 is 1.62 bits per heavy atom. The van der Waals surface area contributed by atoms with E-state index >= 15 is 0 Å². The molecule has 2 atom stereocenters. The smallest absolute Gasteiger partial charge is 0.328 e. The quantitative estimate of drug-likeness (QED) is 0.570. The van der Waals surface area contributed by atoms with Crippen LogP contribution in [0.5, 0.6) is 0 Å². The molecule has 0 aromatic heterocycles. The first-order valence-electron chi connectivity index (χ1n) is 4.37. The van der Waals surface area contributed by atoms with E-state index in [4.69, 9.17) is 0 Å². The first-order valence-corrected chi connectivity index (χ1v) is 4.37. The molecule has 2 saturated heterocycles. The molecule has 2 rings (SSSR count). The number of piperidine rings is 1. The Balaban J connectivity index is 2.13. The molecule has 2 aliphatic heterocycles. The lowest BCUT2D eigenvalue weighted by atomic mass is 10.0. The maximum absolute atomic E-state index is 11.3. The number of hydrogen-bond acceptors (Lipinski definition) is 3. The molecule has 5 nitrogen and oxygen atoms in total. The van der Waals surface area contributed by atoms with Crippen molar-refractivity contribution in [2.75, 3.05) is 13.7 Å². The van der Waals surface area contributed by atoms with Crippen molar-refractivity contribution in [3.8, 4) is 0 Å². The summed E-state index contributed by atoms with van der Waals surface area (Å²) in [4.78, 5) is 24.1. The van der Waals surface area contributed by atoms with Gasteiger partial charge in [-0.3, -0.25) is 0 Å². The Morgan fingerprint density at radius 2 is 2.38 bits per heavy atom. The van der Waals surface area contributed by atoms with Gasteiger partial charge in [-0.15, -0.1) is 0 Å². The number of carbonyl (C=O) groups is 2. The van der Waals surface area contributed by atoms with Crippen molar-refractivity contribution < 1.29 is 14.3 Å². The number of rotatable bonds is 1. The summed E-state index contributed by atoms with van der Waals surface area (Å²) in [5.41, 5.74) is 0. The summed E-state index contributed by atoms with van der Waals surface area (Å²) < 4.78 is 4.63. The number of fused-ring (bicyclic) bond motifs is 2. The van der Waals surface area contributed by atoms with E-state index in [0.29, 0.717) is 13.0 Å². The lowest BCUT2D eigenvalue weighted by Gasteiger charge is -2.28. The van der Waals surface area contributed by atoms with Crippen molar-refractivity contribution in [2.24, 2.45) is 0 Å². The van der Waals surface area contributed by atoms with Crippen molar-refractivity contribution >= 4 is 12.0 Å². The van der Waals surface area contributed by atoms with Crippen molar-refractivity contribution in [1.29, 1.82) is 0 Å². The highest BCUT2D eigenvalue weighted by Gasteiger charge is 2.42. The maximum atomic E-state index is 11.3. The van der Waals surface area contributed by atoms with Crippen molar-refractivity contribution in [1.82, 2.24) is 10.2 Å². The molecule has 2 aliphatic rings. The summed E-state index contributed by atoms with van der Waals surface area (Å²) in [5.74, 6) is -0.310. The Kier molecular flexibility index (Phi) is 1.86. The van der Waals surface area contributed by atoms with Crippen LogP contribution in [0, 0.1) is 0 Å². The first-order chi connectivity index (χ1) is 6.22. The fourth-order valence-corrected chi connectivity index (χ4v) is 1.95. The summed E-state index contributed by atoms with van der Waals surface area (Å²) in [7, 11) is 1.35. The number of urea groups is 1. The first kappa shape index (κ1) is 8.34. The fourth-order valence-electron chi connectivity index (χ4n) is 1.95. The van der Waals surface area contributed by atoms with Crippen molar-refractivity contribution in [2.45, 2.75) is 24.9 Å². The molecule has 72 valence electrons. The van der Waals surface area contributed by atoms with Crippen LogP contribution in [-0.2, 0) is 9.53 Å². The standard InChI is InChI=1S/C8H12N2O3/c1-13-7(11)6-3-2-5-4-10(6)8(12)9-5/h5-6H,2-4H2,1H3,(H,9,12)/t5?,6-/m0/s1. The van der Waals surface area contributed by atoms with Crippen LogP contribution in [0.3, 0.4) is 0 Å². The summed E-state index contributed by atoms with van der Waals surface area (Å²) in [6.45, 7) is 0.638. The Labute approximate surface area is 76.0 Å². The summed E-state index contributed by atoms with van der Waals surface area (Å²) >= 11 is 0. The van der Waals surface area contributed by atoms with E-state index in [1.54, 1.807) is 4.90 Å². The highest BCUT2D eigenvalue weighted by atomic mass is 16.5. The molecule has 0 aromatic carbocycles. The second-order valence-electron chi connectivity index (χ2n) is 3.42. The molecule has 1 unspecified atom stereocenters. The monoisotopic (exact) mass is 184 g/mol. The van der Waals surface area contributed by atoms with Gasteiger partial charge in [-0.2, -0.15) is 0 Å². The average Bonchev–Trinajstić information content (AvgIpc) is 2.42. The van der Waals surface area contributed by atoms with Crippen LogP contribution < -0.4 is 5.32 Å². The molecule has 13 heavy (non-hydrogen) atoms. The molecule has 0 radical (unpaired) electrons. The third-order valence-corrected chi connectivity index (χ3v) is 2.64. The number of nitrogens with zero attached hydrogens (tertiary/aromatic N) is 1. The lowest BCUT2D eigenvalue weighted by molar-refractivity contribution is -0.146. The van der Waals surface area contributed by atoms with Crippen LogP contribution in [0.15, 0.2) is 0 Å². The molecule has 2 amide bonds. The minimum absolute atomic E-state index is 0.141. The molecule has 0 saturated carbocycles. The van der Waals surface area contributed by atoms with E-state index in [-0.39, 0.29) is 24.1 Å². The van der Waals surface area contributed by atoms with Gasteiger partial charge in [0.2, 0.25) is 0 Å². The zero-order chi connectivity index (χ0) is 9.42. The van der Waals surface area contributed by atoms with Gasteiger partial charge >= 0.3 is 12.0 Å². The largest absolute Gasteiger partial charge is 0.467 e. The van der Waals surface area contributed by atoms with Gasteiger partial charge in [0.15, 0.2) is 0 Å². The zero-order valence-corrected chi connectivity index (χ0v) is 7.45. The predicted octanol–water partition coefficient (Wildman–Crippen LogP) is -0.284. The van der Waals surface area contributed by atoms with E-state index in [1.165, 1.54) is 7.11 Å². The van der Waals surface area contributed by atoms with E-state index < -0.39 is 0 Å². The topological polar surface area (TPSA) is 58.6 Å². The number of esters is 1.